The minimum Gasteiger partial charge on any atom is -0.316 e. The Morgan fingerprint density at radius 3 is 2.46 bits per heavy atom. The molecule has 0 unspecified atom stereocenters. The van der Waals surface area contributed by atoms with E-state index in [4.69, 9.17) is 4.98 Å². The molecule has 0 atom stereocenters. The van der Waals surface area contributed by atoms with E-state index in [9.17, 15) is 0 Å². The van der Waals surface area contributed by atoms with Crippen molar-refractivity contribution in [3.05, 3.63) is 72.9 Å². The van der Waals surface area contributed by atoms with E-state index in [1.807, 2.05) is 6.20 Å². The summed E-state index contributed by atoms with van der Waals surface area (Å²) in [7, 11) is 0. The van der Waals surface area contributed by atoms with E-state index in [0.29, 0.717) is 0 Å². The molecule has 5 rings (SSSR count). The van der Waals surface area contributed by atoms with Gasteiger partial charge in [0.15, 0.2) is 0 Å². The summed E-state index contributed by atoms with van der Waals surface area (Å²) in [5, 5.41) is 3.49. The summed E-state index contributed by atoms with van der Waals surface area (Å²) in [6.45, 7) is 2.12. The van der Waals surface area contributed by atoms with Crippen LogP contribution in [0.2, 0.25) is 0 Å². The molecule has 3 aliphatic rings. The molecule has 2 aliphatic carbocycles. The molecular weight excluding hydrogens is 452 g/mol. The molecule has 1 aromatic heterocycles. The molecule has 0 bridgehead atoms. The van der Waals surface area contributed by atoms with Gasteiger partial charge >= 0.3 is 0 Å². The van der Waals surface area contributed by atoms with Gasteiger partial charge < -0.3 is 5.32 Å². The second-order valence-corrected chi connectivity index (χ2v) is 9.09. The van der Waals surface area contributed by atoms with Gasteiger partial charge in [-0.2, -0.15) is 0 Å². The Kier molecular flexibility index (Phi) is 4.38. The van der Waals surface area contributed by atoms with Crippen molar-refractivity contribution < 1.29 is 0 Å². The summed E-state index contributed by atoms with van der Waals surface area (Å²) >= 11 is 7.54. The maximum absolute atomic E-state index is 4.89. The molecule has 0 amide bonds. The molecule has 0 saturated carbocycles. The fourth-order valence-corrected chi connectivity index (χ4v) is 5.30. The highest BCUT2D eigenvalue weighted by molar-refractivity contribution is 9.10. The zero-order valence-electron chi connectivity index (χ0n) is 14.5. The SMILES string of the molecule is Brc1cnc2c(c1)CCc1cc(C3=CC3)cc(Br)c1C2=C1CCNCC1. The molecule has 26 heavy (non-hydrogen) atoms. The predicted octanol–water partition coefficient (Wildman–Crippen LogP) is 5.68. The predicted molar refractivity (Wildman–Crippen MR) is 114 cm³/mol. The van der Waals surface area contributed by atoms with Gasteiger partial charge in [-0.1, -0.05) is 33.6 Å². The minimum atomic E-state index is 1.04. The van der Waals surface area contributed by atoms with Crippen LogP contribution in [0, 0.1) is 0 Å². The lowest BCUT2D eigenvalue weighted by molar-refractivity contribution is 0.611. The lowest BCUT2D eigenvalue weighted by atomic mass is 9.88. The standard InChI is InChI=1S/C22H20Br2N2/c23-18-10-16-4-3-15-9-17(13-1-2-13)11-19(24)20(15)21(22(16)26-12-18)14-5-7-25-8-6-14/h1,9-12,25H,2-8H2. The van der Waals surface area contributed by atoms with Crippen LogP contribution in [-0.4, -0.2) is 18.1 Å². The number of pyridine rings is 1. The van der Waals surface area contributed by atoms with Crippen molar-refractivity contribution in [2.24, 2.45) is 0 Å². The maximum Gasteiger partial charge on any atom is 0.0740 e. The third-order valence-electron chi connectivity index (χ3n) is 5.60. The number of aryl methyl sites for hydroxylation is 2. The van der Waals surface area contributed by atoms with Gasteiger partial charge in [0.25, 0.3) is 0 Å². The van der Waals surface area contributed by atoms with Crippen LogP contribution in [0.1, 0.15) is 47.2 Å². The van der Waals surface area contributed by atoms with Crippen LogP contribution in [0.5, 0.6) is 0 Å². The molecule has 1 aliphatic heterocycles. The number of fused-ring (bicyclic) bond motifs is 2. The molecule has 1 aromatic carbocycles. The summed E-state index contributed by atoms with van der Waals surface area (Å²) < 4.78 is 2.29. The highest BCUT2D eigenvalue weighted by Gasteiger charge is 2.26. The Balaban J connectivity index is 1.77. The summed E-state index contributed by atoms with van der Waals surface area (Å²) in [5.41, 5.74) is 11.2. The van der Waals surface area contributed by atoms with Gasteiger partial charge in [0.2, 0.25) is 0 Å². The number of halogens is 2. The summed E-state index contributed by atoms with van der Waals surface area (Å²) in [6, 6.07) is 6.98. The van der Waals surface area contributed by atoms with Gasteiger partial charge in [-0.25, -0.2) is 0 Å². The van der Waals surface area contributed by atoms with Crippen molar-refractivity contribution in [2.75, 3.05) is 13.1 Å². The van der Waals surface area contributed by atoms with E-state index in [2.05, 4.69) is 61.5 Å². The first-order valence-electron chi connectivity index (χ1n) is 9.30. The van der Waals surface area contributed by atoms with Crippen molar-refractivity contribution in [2.45, 2.75) is 32.1 Å². The number of nitrogens with one attached hydrogen (secondary N) is 1. The smallest absolute Gasteiger partial charge is 0.0740 e. The third kappa shape index (κ3) is 3.02. The molecule has 0 spiro atoms. The van der Waals surface area contributed by atoms with E-state index < -0.39 is 0 Å². The average Bonchev–Trinajstić information content (AvgIpc) is 3.49. The van der Waals surface area contributed by atoms with Crippen molar-refractivity contribution in [1.82, 2.24) is 10.3 Å². The van der Waals surface area contributed by atoms with E-state index in [1.54, 1.807) is 5.57 Å². The lowest BCUT2D eigenvalue weighted by Gasteiger charge is -2.23. The first kappa shape index (κ1) is 16.9. The van der Waals surface area contributed by atoms with Gasteiger partial charge in [-0.15, -0.1) is 0 Å². The number of nitrogens with zero attached hydrogens (tertiary/aromatic N) is 1. The van der Waals surface area contributed by atoms with E-state index >= 15 is 0 Å². The van der Waals surface area contributed by atoms with Crippen LogP contribution in [-0.2, 0) is 12.8 Å². The van der Waals surface area contributed by atoms with Gasteiger partial charge in [0.05, 0.1) is 5.69 Å². The van der Waals surface area contributed by atoms with Crippen molar-refractivity contribution >= 4 is 43.0 Å². The molecule has 2 nitrogen and oxygen atoms in total. The topological polar surface area (TPSA) is 24.9 Å². The molecule has 0 radical (unpaired) electrons. The number of aromatic nitrogens is 1. The van der Waals surface area contributed by atoms with Crippen LogP contribution < -0.4 is 5.32 Å². The fraction of sp³-hybridized carbons (Fsp3) is 0.318. The Morgan fingerprint density at radius 1 is 0.923 bits per heavy atom. The summed E-state index contributed by atoms with van der Waals surface area (Å²) in [5.74, 6) is 0. The highest BCUT2D eigenvalue weighted by atomic mass is 79.9. The van der Waals surface area contributed by atoms with Gasteiger partial charge in [0, 0.05) is 26.3 Å². The van der Waals surface area contributed by atoms with Crippen molar-refractivity contribution in [3.63, 3.8) is 0 Å². The Hall–Kier alpha value is -1.23. The molecule has 2 aromatic rings. The Bertz CT molecular complexity index is 964. The first-order chi connectivity index (χ1) is 12.7. The zero-order chi connectivity index (χ0) is 17.7. The van der Waals surface area contributed by atoms with Gasteiger partial charge in [-0.05, 0) is 95.5 Å². The largest absolute Gasteiger partial charge is 0.316 e. The molecule has 1 fully saturated rings. The molecule has 1 N–H and O–H groups in total. The normalized spacial score (nSPS) is 18.8. The molecular formula is C22H20Br2N2. The number of benzene rings is 1. The Morgan fingerprint density at radius 2 is 1.69 bits per heavy atom. The molecule has 2 heterocycles. The molecule has 132 valence electrons. The van der Waals surface area contributed by atoms with Gasteiger partial charge in [-0.3, -0.25) is 4.98 Å². The van der Waals surface area contributed by atoms with Gasteiger partial charge in [0.1, 0.15) is 0 Å². The van der Waals surface area contributed by atoms with Crippen LogP contribution in [0.3, 0.4) is 0 Å². The van der Waals surface area contributed by atoms with Crippen molar-refractivity contribution in [3.8, 4) is 0 Å². The first-order valence-corrected chi connectivity index (χ1v) is 10.9. The number of rotatable bonds is 1. The van der Waals surface area contributed by atoms with Crippen LogP contribution in [0.15, 0.2) is 45.0 Å². The number of piperidine rings is 1. The number of allylic oxidation sites excluding steroid dienone is 2. The molecule has 4 heteroatoms. The van der Waals surface area contributed by atoms with E-state index in [-0.39, 0.29) is 0 Å². The second kappa shape index (κ2) is 6.74. The minimum absolute atomic E-state index is 1.04. The fourth-order valence-electron chi connectivity index (χ4n) is 4.22. The quantitative estimate of drug-likeness (QED) is 0.578. The number of hydrogen-bond acceptors (Lipinski definition) is 2. The monoisotopic (exact) mass is 470 g/mol. The average molecular weight is 472 g/mol. The summed E-state index contributed by atoms with van der Waals surface area (Å²) in [6.07, 6.45) is 9.71. The van der Waals surface area contributed by atoms with E-state index in [0.717, 1.165) is 49.7 Å². The highest BCUT2D eigenvalue weighted by Crippen LogP contribution is 2.43. The van der Waals surface area contributed by atoms with Crippen molar-refractivity contribution in [1.29, 1.82) is 0 Å². The number of hydrogen-bond donors (Lipinski definition) is 1. The molecule has 1 saturated heterocycles. The maximum atomic E-state index is 4.89. The Labute approximate surface area is 171 Å². The zero-order valence-corrected chi connectivity index (χ0v) is 17.7. The van der Waals surface area contributed by atoms with Crippen LogP contribution in [0.4, 0.5) is 0 Å². The summed E-state index contributed by atoms with van der Waals surface area (Å²) in [4.78, 5) is 4.89. The van der Waals surface area contributed by atoms with E-state index in [1.165, 1.54) is 43.6 Å². The second-order valence-electron chi connectivity index (χ2n) is 7.32. The lowest BCUT2D eigenvalue weighted by Crippen LogP contribution is -2.24. The third-order valence-corrected chi connectivity index (χ3v) is 6.65. The van der Waals surface area contributed by atoms with Crippen LogP contribution >= 0.6 is 31.9 Å². The van der Waals surface area contributed by atoms with Crippen LogP contribution in [0.25, 0.3) is 11.1 Å².